The molecule has 154 valence electrons. The van der Waals surface area contributed by atoms with Crippen molar-refractivity contribution in [2.24, 2.45) is 0 Å². The smallest absolute Gasteiger partial charge is 0.333 e. The Balaban J connectivity index is 2.70. The molecular formula is C25H25O4P. The number of carbonyl (C=O) groups excluding carboxylic acids is 2. The van der Waals surface area contributed by atoms with Crippen LogP contribution < -0.4 is 5.30 Å². The molecule has 0 bridgehead atoms. The Morgan fingerprint density at radius 1 is 1.00 bits per heavy atom. The van der Waals surface area contributed by atoms with Crippen LogP contribution >= 0.6 is 7.14 Å². The van der Waals surface area contributed by atoms with E-state index >= 15 is 0 Å². The lowest BCUT2D eigenvalue weighted by Gasteiger charge is -2.21. The predicted octanol–water partition coefficient (Wildman–Crippen LogP) is 5.56. The second kappa shape index (κ2) is 10.00. The lowest BCUT2D eigenvalue weighted by Crippen LogP contribution is -2.21. The molecule has 0 spiro atoms. The van der Waals surface area contributed by atoms with Gasteiger partial charge >= 0.3 is 5.97 Å². The fourth-order valence-electron chi connectivity index (χ4n) is 3.09. The van der Waals surface area contributed by atoms with E-state index in [2.05, 4.69) is 26.3 Å². The van der Waals surface area contributed by atoms with Gasteiger partial charge in [0.1, 0.15) is 0 Å². The number of rotatable bonds is 10. The molecule has 0 saturated heterocycles. The van der Waals surface area contributed by atoms with Crippen LogP contribution in [0.5, 0.6) is 0 Å². The number of carbonyl (C=O) groups is 2. The fourth-order valence-corrected chi connectivity index (χ4v) is 5.60. The van der Waals surface area contributed by atoms with E-state index in [1.165, 1.54) is 12.2 Å². The summed E-state index contributed by atoms with van der Waals surface area (Å²) in [7, 11) is -3.78. The van der Waals surface area contributed by atoms with Crippen molar-refractivity contribution >= 4 is 42.2 Å². The Hall–Kier alpha value is -3.23. The fraction of sp³-hybridized carbons (Fsp3) is 0.120. The third-order valence-corrected chi connectivity index (χ3v) is 7.43. The molecule has 2 rings (SSSR count). The van der Waals surface area contributed by atoms with Gasteiger partial charge in [0.05, 0.1) is 6.61 Å². The lowest BCUT2D eigenvalue weighted by molar-refractivity contribution is -0.138. The summed E-state index contributed by atoms with van der Waals surface area (Å²) in [5.74, 6) is -0.670. The highest BCUT2D eigenvalue weighted by Crippen LogP contribution is 2.50. The molecule has 0 aliphatic carbocycles. The van der Waals surface area contributed by atoms with Gasteiger partial charge in [0.25, 0.3) is 0 Å². The van der Waals surface area contributed by atoms with Crippen molar-refractivity contribution in [1.82, 2.24) is 0 Å². The predicted molar refractivity (Wildman–Crippen MR) is 125 cm³/mol. The van der Waals surface area contributed by atoms with Gasteiger partial charge in [0, 0.05) is 22.6 Å². The highest BCUT2D eigenvalue weighted by Gasteiger charge is 2.38. The number of hydrogen-bond donors (Lipinski definition) is 0. The summed E-state index contributed by atoms with van der Waals surface area (Å²) >= 11 is 0. The van der Waals surface area contributed by atoms with Crippen molar-refractivity contribution in [1.29, 1.82) is 0 Å². The van der Waals surface area contributed by atoms with E-state index in [0.29, 0.717) is 16.4 Å². The van der Waals surface area contributed by atoms with E-state index in [1.54, 1.807) is 55.5 Å². The van der Waals surface area contributed by atoms with Crippen LogP contribution in [0, 0.1) is 0 Å². The van der Waals surface area contributed by atoms with Gasteiger partial charge in [0.15, 0.2) is 7.14 Å². The molecule has 0 amide bonds. The van der Waals surface area contributed by atoms with Gasteiger partial charge < -0.3 is 9.30 Å². The molecule has 2 aromatic rings. The van der Waals surface area contributed by atoms with Crippen LogP contribution in [0.2, 0.25) is 0 Å². The molecule has 4 nitrogen and oxygen atoms in total. The maximum absolute atomic E-state index is 14.2. The topological polar surface area (TPSA) is 60.4 Å². The van der Waals surface area contributed by atoms with Crippen LogP contribution in [-0.4, -0.2) is 24.3 Å². The summed E-state index contributed by atoms with van der Waals surface area (Å²) in [5, 5.41) is 0.346. The largest absolute Gasteiger partial charge is 0.463 e. The molecule has 0 heterocycles. The Kier molecular flexibility index (Phi) is 7.68. The Labute approximate surface area is 177 Å². The molecule has 1 atom stereocenters. The van der Waals surface area contributed by atoms with E-state index in [-0.39, 0.29) is 23.9 Å². The third-order valence-electron chi connectivity index (χ3n) is 4.59. The van der Waals surface area contributed by atoms with Crippen LogP contribution in [0.4, 0.5) is 0 Å². The molecule has 0 radical (unpaired) electrons. The first-order valence-corrected chi connectivity index (χ1v) is 11.3. The second-order valence-corrected chi connectivity index (χ2v) is 9.27. The van der Waals surface area contributed by atoms with Gasteiger partial charge in [-0.15, -0.1) is 0 Å². The quantitative estimate of drug-likeness (QED) is 0.287. The molecule has 0 aromatic heterocycles. The Morgan fingerprint density at radius 3 is 2.03 bits per heavy atom. The summed E-state index contributed by atoms with van der Waals surface area (Å²) in [5.41, 5.74) is 1.46. The lowest BCUT2D eigenvalue weighted by atomic mass is 9.98. The van der Waals surface area contributed by atoms with E-state index in [1.807, 2.05) is 0 Å². The zero-order valence-electron chi connectivity index (χ0n) is 17.1. The number of hydrogen-bond acceptors (Lipinski definition) is 4. The van der Waals surface area contributed by atoms with E-state index in [4.69, 9.17) is 4.74 Å². The van der Waals surface area contributed by atoms with Crippen LogP contribution in [0.25, 0.3) is 18.2 Å². The highest BCUT2D eigenvalue weighted by molar-refractivity contribution is 7.87. The Bertz CT molecular complexity index is 1030. The van der Waals surface area contributed by atoms with Crippen LogP contribution in [0.15, 0.2) is 74.4 Å². The van der Waals surface area contributed by atoms with E-state index in [0.717, 1.165) is 5.56 Å². The zero-order valence-corrected chi connectivity index (χ0v) is 18.0. The van der Waals surface area contributed by atoms with Crippen molar-refractivity contribution in [2.45, 2.75) is 6.92 Å². The summed E-state index contributed by atoms with van der Waals surface area (Å²) in [4.78, 5) is 25.9. The second-order valence-electron chi connectivity index (χ2n) is 6.55. The molecular weight excluding hydrogens is 395 g/mol. The maximum Gasteiger partial charge on any atom is 0.333 e. The van der Waals surface area contributed by atoms with Crippen molar-refractivity contribution in [2.75, 3.05) is 12.8 Å². The monoisotopic (exact) mass is 420 g/mol. The van der Waals surface area contributed by atoms with Gasteiger partial charge in [0.2, 0.25) is 5.52 Å². The molecule has 0 saturated carbocycles. The minimum absolute atomic E-state index is 0.0135. The van der Waals surface area contributed by atoms with Crippen molar-refractivity contribution in [3.05, 3.63) is 96.6 Å². The average molecular weight is 420 g/mol. The maximum atomic E-state index is 14.2. The van der Waals surface area contributed by atoms with Crippen LogP contribution in [0.1, 0.15) is 34.0 Å². The average Bonchev–Trinajstić information content (AvgIpc) is 2.77. The van der Waals surface area contributed by atoms with E-state index < -0.39 is 18.6 Å². The third kappa shape index (κ3) is 4.67. The first kappa shape index (κ1) is 23.1. The summed E-state index contributed by atoms with van der Waals surface area (Å²) in [6.45, 7) is 16.9. The minimum atomic E-state index is -3.78. The standard InChI is InChI=1S/C25H25O4P/c1-6-19-15-20(7-2)23(21(8-3)16-19)25(27)30(28,22-13-11-10-12-14-22)17-18(5)24(26)29-9-4/h6-8,10-16H,1-3,5,9,17H2,4H3. The molecule has 2 aromatic carbocycles. The van der Waals surface area contributed by atoms with Crippen molar-refractivity contribution < 1.29 is 18.9 Å². The van der Waals surface area contributed by atoms with E-state index in [9.17, 15) is 14.2 Å². The van der Waals surface area contributed by atoms with Crippen LogP contribution in [-0.2, 0) is 14.1 Å². The highest BCUT2D eigenvalue weighted by atomic mass is 31.2. The van der Waals surface area contributed by atoms with Gasteiger partial charge in [-0.2, -0.15) is 0 Å². The minimum Gasteiger partial charge on any atom is -0.463 e. The molecule has 0 fully saturated rings. The SMILES string of the molecule is C=Cc1cc(C=C)c(C(=O)P(=O)(CC(=C)C(=O)OCC)c2ccccc2)c(C=C)c1. The Morgan fingerprint density at radius 2 is 1.57 bits per heavy atom. The van der Waals surface area contributed by atoms with Crippen molar-refractivity contribution in [3.8, 4) is 0 Å². The van der Waals surface area contributed by atoms with Crippen molar-refractivity contribution in [3.63, 3.8) is 0 Å². The number of esters is 1. The first-order chi connectivity index (χ1) is 14.3. The zero-order chi connectivity index (χ0) is 22.3. The van der Waals surface area contributed by atoms with Gasteiger partial charge in [-0.25, -0.2) is 4.79 Å². The molecule has 30 heavy (non-hydrogen) atoms. The summed E-state index contributed by atoms with van der Waals surface area (Å²) < 4.78 is 19.2. The molecule has 0 aliphatic heterocycles. The van der Waals surface area contributed by atoms with Gasteiger partial charge in [-0.3, -0.25) is 4.79 Å². The van der Waals surface area contributed by atoms with Crippen LogP contribution in [0.3, 0.4) is 0 Å². The molecule has 5 heteroatoms. The molecule has 0 aliphatic rings. The molecule has 1 unspecified atom stereocenters. The first-order valence-electron chi connectivity index (χ1n) is 9.42. The number of ether oxygens (including phenoxy) is 1. The van der Waals surface area contributed by atoms with Gasteiger partial charge in [-0.1, -0.05) is 74.9 Å². The normalized spacial score (nSPS) is 12.3. The number of benzene rings is 2. The molecule has 0 N–H and O–H groups in total. The summed E-state index contributed by atoms with van der Waals surface area (Å²) in [6, 6.07) is 11.9. The summed E-state index contributed by atoms with van der Waals surface area (Å²) in [6.07, 6.45) is 4.39. The van der Waals surface area contributed by atoms with Gasteiger partial charge in [-0.05, 0) is 35.7 Å².